The van der Waals surface area contributed by atoms with Gasteiger partial charge in [-0.2, -0.15) is 0 Å². The molecular formula is C21H16BrN3O3S. The smallest absolute Gasteiger partial charge is 0.262 e. The van der Waals surface area contributed by atoms with E-state index in [1.54, 1.807) is 36.6 Å². The Balaban J connectivity index is 1.63. The number of amides is 1. The summed E-state index contributed by atoms with van der Waals surface area (Å²) in [4.78, 5) is 28.4. The van der Waals surface area contributed by atoms with Crippen molar-refractivity contribution in [3.8, 4) is 0 Å². The number of aromatic amines is 1. The lowest BCUT2D eigenvalue weighted by Crippen LogP contribution is -2.24. The van der Waals surface area contributed by atoms with E-state index in [0.29, 0.717) is 33.5 Å². The number of furan rings is 1. The molecule has 1 amide bonds. The molecule has 8 heteroatoms. The van der Waals surface area contributed by atoms with E-state index in [9.17, 15) is 9.59 Å². The van der Waals surface area contributed by atoms with Crippen LogP contribution in [0.4, 0.5) is 0 Å². The Hall–Kier alpha value is -2.97. The van der Waals surface area contributed by atoms with E-state index in [4.69, 9.17) is 16.6 Å². The SMILES string of the molecule is O=C(NCc1ccco1)c1ccc2c(=O)n(Cc3cccc(Br)c3)c(=S)[nH]c2c1. The molecule has 2 N–H and O–H groups in total. The van der Waals surface area contributed by atoms with Crippen LogP contribution >= 0.6 is 28.1 Å². The monoisotopic (exact) mass is 469 g/mol. The molecule has 2 aromatic carbocycles. The van der Waals surface area contributed by atoms with Gasteiger partial charge in [0.2, 0.25) is 0 Å². The predicted molar refractivity (Wildman–Crippen MR) is 117 cm³/mol. The number of carbonyl (C=O) groups is 1. The summed E-state index contributed by atoms with van der Waals surface area (Å²) in [5.41, 5.74) is 1.70. The zero-order valence-corrected chi connectivity index (χ0v) is 17.5. The standard InChI is InChI=1S/C21H16BrN3O3S/c22-15-4-1-3-13(9-15)12-25-20(27)17-7-6-14(10-18(17)24-21(25)29)19(26)23-11-16-5-2-8-28-16/h1-10H,11-12H2,(H,23,26)(H,24,29). The van der Waals surface area contributed by atoms with Gasteiger partial charge in [-0.15, -0.1) is 0 Å². The third kappa shape index (κ3) is 4.23. The van der Waals surface area contributed by atoms with Crippen LogP contribution in [0.5, 0.6) is 0 Å². The zero-order chi connectivity index (χ0) is 20.4. The summed E-state index contributed by atoms with van der Waals surface area (Å²) in [6.45, 7) is 0.642. The highest BCUT2D eigenvalue weighted by atomic mass is 79.9. The highest BCUT2D eigenvalue weighted by Crippen LogP contribution is 2.14. The first-order chi connectivity index (χ1) is 14.0. The van der Waals surface area contributed by atoms with Gasteiger partial charge in [0.1, 0.15) is 5.76 Å². The highest BCUT2D eigenvalue weighted by molar-refractivity contribution is 9.10. The van der Waals surface area contributed by atoms with Gasteiger partial charge in [-0.3, -0.25) is 14.2 Å². The number of aromatic nitrogens is 2. The van der Waals surface area contributed by atoms with Gasteiger partial charge in [0.25, 0.3) is 11.5 Å². The Morgan fingerprint density at radius 1 is 1.17 bits per heavy atom. The van der Waals surface area contributed by atoms with Crippen LogP contribution in [0.1, 0.15) is 21.7 Å². The second-order valence-electron chi connectivity index (χ2n) is 6.47. The molecule has 0 saturated carbocycles. The average molecular weight is 470 g/mol. The van der Waals surface area contributed by atoms with Crippen LogP contribution < -0.4 is 10.9 Å². The Kier molecular flexibility index (Phi) is 5.46. The van der Waals surface area contributed by atoms with E-state index in [0.717, 1.165) is 10.0 Å². The van der Waals surface area contributed by atoms with Gasteiger partial charge in [0, 0.05) is 10.0 Å². The van der Waals surface area contributed by atoms with Crippen molar-refractivity contribution in [2.24, 2.45) is 0 Å². The predicted octanol–water partition coefficient (Wildman–Crippen LogP) is 4.39. The van der Waals surface area contributed by atoms with Crippen molar-refractivity contribution in [2.75, 3.05) is 0 Å². The molecular weight excluding hydrogens is 454 g/mol. The van der Waals surface area contributed by atoms with Gasteiger partial charge >= 0.3 is 0 Å². The van der Waals surface area contributed by atoms with Gasteiger partial charge in [0.15, 0.2) is 4.77 Å². The van der Waals surface area contributed by atoms with Crippen LogP contribution in [0.2, 0.25) is 0 Å². The van der Waals surface area contributed by atoms with Crippen LogP contribution in [-0.4, -0.2) is 15.5 Å². The summed E-state index contributed by atoms with van der Waals surface area (Å²) in [7, 11) is 0. The fourth-order valence-corrected chi connectivity index (χ4v) is 3.74. The lowest BCUT2D eigenvalue weighted by molar-refractivity contribution is 0.0948. The summed E-state index contributed by atoms with van der Waals surface area (Å²) >= 11 is 8.83. The molecule has 0 atom stereocenters. The van der Waals surface area contributed by atoms with Crippen molar-refractivity contribution in [1.29, 1.82) is 0 Å². The molecule has 0 bridgehead atoms. The first-order valence-corrected chi connectivity index (χ1v) is 10.0. The zero-order valence-electron chi connectivity index (χ0n) is 15.1. The lowest BCUT2D eigenvalue weighted by atomic mass is 10.1. The van der Waals surface area contributed by atoms with Crippen LogP contribution in [0.15, 0.2) is 74.5 Å². The number of nitrogens with one attached hydrogen (secondary N) is 2. The summed E-state index contributed by atoms with van der Waals surface area (Å²) in [6.07, 6.45) is 1.55. The first kappa shape index (κ1) is 19.4. The molecule has 6 nitrogen and oxygen atoms in total. The number of hydrogen-bond acceptors (Lipinski definition) is 4. The number of benzene rings is 2. The molecule has 146 valence electrons. The first-order valence-electron chi connectivity index (χ1n) is 8.83. The Morgan fingerprint density at radius 2 is 2.03 bits per heavy atom. The maximum Gasteiger partial charge on any atom is 0.262 e. The molecule has 4 rings (SSSR count). The minimum Gasteiger partial charge on any atom is -0.467 e. The summed E-state index contributed by atoms with van der Waals surface area (Å²) in [5, 5.41) is 3.25. The Bertz CT molecular complexity index is 1310. The number of halogens is 1. The molecule has 2 heterocycles. The summed E-state index contributed by atoms with van der Waals surface area (Å²) in [5.74, 6) is 0.398. The quantitative estimate of drug-likeness (QED) is 0.424. The van der Waals surface area contributed by atoms with Crippen LogP contribution in [-0.2, 0) is 13.1 Å². The molecule has 0 aliphatic rings. The molecule has 0 saturated heterocycles. The summed E-state index contributed by atoms with van der Waals surface area (Å²) < 4.78 is 7.95. The van der Waals surface area contributed by atoms with Gasteiger partial charge in [-0.05, 0) is 60.2 Å². The van der Waals surface area contributed by atoms with Crippen LogP contribution in [0.3, 0.4) is 0 Å². The Morgan fingerprint density at radius 3 is 2.79 bits per heavy atom. The number of nitrogens with zero attached hydrogens (tertiary/aromatic N) is 1. The molecule has 0 aliphatic heterocycles. The van der Waals surface area contributed by atoms with Crippen molar-refractivity contribution in [1.82, 2.24) is 14.9 Å². The average Bonchev–Trinajstić information content (AvgIpc) is 3.22. The number of fused-ring (bicyclic) bond motifs is 1. The van der Waals surface area contributed by atoms with Gasteiger partial charge < -0.3 is 14.7 Å². The van der Waals surface area contributed by atoms with E-state index < -0.39 is 0 Å². The number of carbonyl (C=O) groups excluding carboxylic acids is 1. The van der Waals surface area contributed by atoms with Crippen molar-refractivity contribution in [2.45, 2.75) is 13.1 Å². The fraction of sp³-hybridized carbons (Fsp3) is 0.0952. The number of H-pyrrole nitrogens is 1. The molecule has 0 fully saturated rings. The molecule has 0 spiro atoms. The minimum atomic E-state index is -0.263. The second kappa shape index (κ2) is 8.18. The lowest BCUT2D eigenvalue weighted by Gasteiger charge is -2.10. The van der Waals surface area contributed by atoms with Crippen molar-refractivity contribution >= 4 is 45.0 Å². The van der Waals surface area contributed by atoms with Gasteiger partial charge in [-0.1, -0.05) is 28.1 Å². The van der Waals surface area contributed by atoms with E-state index >= 15 is 0 Å². The summed E-state index contributed by atoms with van der Waals surface area (Å²) in [6, 6.07) is 16.2. The van der Waals surface area contributed by atoms with Crippen molar-refractivity contribution in [3.05, 3.63) is 97.3 Å². The largest absolute Gasteiger partial charge is 0.467 e. The highest BCUT2D eigenvalue weighted by Gasteiger charge is 2.11. The van der Waals surface area contributed by atoms with E-state index in [2.05, 4.69) is 26.2 Å². The van der Waals surface area contributed by atoms with Gasteiger partial charge in [-0.25, -0.2) is 0 Å². The molecule has 4 aromatic rings. The maximum atomic E-state index is 13.0. The third-order valence-corrected chi connectivity index (χ3v) is 5.29. The normalized spacial score (nSPS) is 10.9. The fourth-order valence-electron chi connectivity index (χ4n) is 3.04. The van der Waals surface area contributed by atoms with Crippen molar-refractivity contribution in [3.63, 3.8) is 0 Å². The van der Waals surface area contributed by atoms with E-state index in [1.165, 1.54) is 4.57 Å². The van der Waals surface area contributed by atoms with Gasteiger partial charge in [0.05, 0.1) is 30.3 Å². The second-order valence-corrected chi connectivity index (χ2v) is 7.78. The van der Waals surface area contributed by atoms with E-state index in [1.807, 2.05) is 24.3 Å². The maximum absolute atomic E-state index is 13.0. The topological polar surface area (TPSA) is 80.0 Å². The molecule has 29 heavy (non-hydrogen) atoms. The van der Waals surface area contributed by atoms with Crippen LogP contribution in [0.25, 0.3) is 10.9 Å². The minimum absolute atomic E-state index is 0.203. The number of hydrogen-bond donors (Lipinski definition) is 2. The molecule has 0 unspecified atom stereocenters. The van der Waals surface area contributed by atoms with Crippen molar-refractivity contribution < 1.29 is 9.21 Å². The molecule has 0 radical (unpaired) electrons. The molecule has 2 aromatic heterocycles. The molecule has 0 aliphatic carbocycles. The number of rotatable bonds is 5. The Labute approximate surface area is 179 Å². The van der Waals surface area contributed by atoms with E-state index in [-0.39, 0.29) is 18.0 Å². The third-order valence-electron chi connectivity index (χ3n) is 4.48. The van der Waals surface area contributed by atoms with Crippen LogP contribution in [0, 0.1) is 4.77 Å².